The summed E-state index contributed by atoms with van der Waals surface area (Å²) in [4.78, 5) is 46.3. The fourth-order valence-corrected chi connectivity index (χ4v) is 4.98. The molecule has 1 fully saturated rings. The second kappa shape index (κ2) is 13.1. The Kier molecular flexibility index (Phi) is 9.63. The predicted octanol–water partition coefficient (Wildman–Crippen LogP) is 2.12. The third-order valence-corrected chi connectivity index (χ3v) is 7.86. The Morgan fingerprint density at radius 3 is 2.50 bits per heavy atom. The van der Waals surface area contributed by atoms with E-state index in [1.165, 1.54) is 4.90 Å². The summed E-state index contributed by atoms with van der Waals surface area (Å²) in [6.45, 7) is 6.33. The molecule has 2 aromatic rings. The number of nitrogens with zero attached hydrogens (tertiary/aromatic N) is 2. The summed E-state index contributed by atoms with van der Waals surface area (Å²) in [5.74, 6) is -0.254. The van der Waals surface area contributed by atoms with Gasteiger partial charge in [-0.15, -0.1) is 0 Å². The van der Waals surface area contributed by atoms with Crippen LogP contribution in [0.5, 0.6) is 11.5 Å². The highest BCUT2D eigenvalue weighted by Crippen LogP contribution is 2.34. The number of amides is 3. The number of aromatic hydroxyl groups is 1. The Balaban J connectivity index is 1.59. The summed E-state index contributed by atoms with van der Waals surface area (Å²) in [5, 5.41) is 19.0. The van der Waals surface area contributed by atoms with Crippen LogP contribution in [-0.4, -0.2) is 77.1 Å². The van der Waals surface area contributed by atoms with Crippen LogP contribution in [0.2, 0.25) is 0 Å². The van der Waals surface area contributed by atoms with Gasteiger partial charge in [0.2, 0.25) is 17.7 Å². The van der Waals surface area contributed by atoms with Gasteiger partial charge < -0.3 is 30.7 Å². The highest BCUT2D eigenvalue weighted by Gasteiger charge is 2.40. The van der Waals surface area contributed by atoms with E-state index >= 15 is 0 Å². The average molecular weight is 552 g/mol. The number of pyridine rings is 1. The number of aromatic nitrogens is 1. The van der Waals surface area contributed by atoms with Crippen LogP contribution in [0.4, 0.5) is 0 Å². The molecule has 1 aliphatic carbocycles. The summed E-state index contributed by atoms with van der Waals surface area (Å²) in [6, 6.07) is 8.21. The van der Waals surface area contributed by atoms with Crippen LogP contribution in [0.3, 0.4) is 0 Å². The van der Waals surface area contributed by atoms with E-state index in [2.05, 4.69) is 20.9 Å². The van der Waals surface area contributed by atoms with Crippen LogP contribution < -0.4 is 20.7 Å². The molecule has 10 heteroatoms. The topological polar surface area (TPSA) is 133 Å². The Hall–Kier alpha value is -3.66. The molecule has 1 aromatic carbocycles. The fraction of sp³-hybridized carbons (Fsp3) is 0.533. The Morgan fingerprint density at radius 2 is 1.80 bits per heavy atom. The smallest absolute Gasteiger partial charge is 0.243 e. The minimum Gasteiger partial charge on any atom is -0.508 e. The van der Waals surface area contributed by atoms with Crippen molar-refractivity contribution in [3.8, 4) is 11.5 Å². The quantitative estimate of drug-likeness (QED) is 0.459. The molecule has 0 spiro atoms. The summed E-state index contributed by atoms with van der Waals surface area (Å²) >= 11 is 0. The molecule has 1 aliphatic heterocycles. The van der Waals surface area contributed by atoms with Gasteiger partial charge in [-0.3, -0.25) is 19.4 Å². The van der Waals surface area contributed by atoms with Gasteiger partial charge >= 0.3 is 0 Å². The SMILES string of the molecule is CC(c1ccc(O)cc1)[C@H]1NC(=O)[C@@H](C)N(C)C(=O)[C@H](C2CC2)NC[C@@H](C)Oc2cccnc2CCCNC1=O. The number of nitrogens with one attached hydrogen (secondary N) is 3. The zero-order valence-corrected chi connectivity index (χ0v) is 23.7. The number of likely N-dealkylation sites (N-methyl/N-ethyl adjacent to an activating group) is 1. The first-order valence-electron chi connectivity index (χ1n) is 14.1. The number of ether oxygens (including phenoxy) is 1. The van der Waals surface area contributed by atoms with Crippen molar-refractivity contribution in [1.82, 2.24) is 25.8 Å². The highest BCUT2D eigenvalue weighted by molar-refractivity contribution is 5.93. The molecule has 216 valence electrons. The van der Waals surface area contributed by atoms with Gasteiger partial charge in [-0.05, 0) is 75.3 Å². The lowest BCUT2D eigenvalue weighted by Crippen LogP contribution is -2.57. The van der Waals surface area contributed by atoms with Crippen LogP contribution in [0, 0.1) is 5.92 Å². The average Bonchev–Trinajstić information content (AvgIpc) is 3.78. The molecule has 40 heavy (non-hydrogen) atoms. The lowest BCUT2D eigenvalue weighted by atomic mass is 9.92. The van der Waals surface area contributed by atoms with E-state index in [4.69, 9.17) is 4.74 Å². The molecule has 1 aromatic heterocycles. The van der Waals surface area contributed by atoms with E-state index in [1.54, 1.807) is 44.4 Å². The monoisotopic (exact) mass is 551 g/mol. The summed E-state index contributed by atoms with van der Waals surface area (Å²) < 4.78 is 6.20. The Bertz CT molecular complexity index is 1190. The zero-order valence-electron chi connectivity index (χ0n) is 23.7. The van der Waals surface area contributed by atoms with Crippen molar-refractivity contribution >= 4 is 17.7 Å². The molecular weight excluding hydrogens is 510 g/mol. The lowest BCUT2D eigenvalue weighted by Gasteiger charge is -2.32. The number of aryl methyl sites for hydroxylation is 1. The van der Waals surface area contributed by atoms with Crippen LogP contribution in [-0.2, 0) is 20.8 Å². The lowest BCUT2D eigenvalue weighted by molar-refractivity contribution is -0.141. The van der Waals surface area contributed by atoms with Crippen molar-refractivity contribution in [2.45, 2.75) is 76.6 Å². The molecule has 2 aliphatic rings. The molecule has 0 saturated heterocycles. The maximum Gasteiger partial charge on any atom is 0.243 e. The van der Waals surface area contributed by atoms with E-state index in [0.29, 0.717) is 31.7 Å². The first-order valence-corrected chi connectivity index (χ1v) is 14.1. The van der Waals surface area contributed by atoms with E-state index in [9.17, 15) is 19.5 Å². The van der Waals surface area contributed by atoms with Crippen molar-refractivity contribution in [3.05, 3.63) is 53.9 Å². The van der Waals surface area contributed by atoms with Gasteiger partial charge in [-0.25, -0.2) is 0 Å². The number of carbonyl (C=O) groups excluding carboxylic acids is 3. The Labute approximate surface area is 235 Å². The van der Waals surface area contributed by atoms with Gasteiger partial charge in [0.1, 0.15) is 29.7 Å². The number of rotatable bonds is 3. The second-order valence-electron chi connectivity index (χ2n) is 11.0. The molecule has 1 saturated carbocycles. The van der Waals surface area contributed by atoms with Crippen molar-refractivity contribution in [1.29, 1.82) is 0 Å². The van der Waals surface area contributed by atoms with Crippen LogP contribution in [0.15, 0.2) is 42.6 Å². The number of fused-ring (bicyclic) bond motifs is 1. The molecule has 2 heterocycles. The molecule has 5 atom stereocenters. The van der Waals surface area contributed by atoms with Gasteiger partial charge in [0.05, 0.1) is 11.7 Å². The van der Waals surface area contributed by atoms with Gasteiger partial charge in [0.15, 0.2) is 0 Å². The predicted molar refractivity (Wildman–Crippen MR) is 151 cm³/mol. The number of hydrogen-bond acceptors (Lipinski definition) is 7. The second-order valence-corrected chi connectivity index (χ2v) is 11.0. The van der Waals surface area contributed by atoms with Gasteiger partial charge in [0, 0.05) is 32.3 Å². The molecule has 0 bridgehead atoms. The molecule has 1 unspecified atom stereocenters. The standard InChI is InChI=1S/C30H41N5O5/c1-18-17-33-27(22-9-10-22)30(39)35(4)20(3)28(37)34-26(19(2)21-11-13-23(36)14-12-21)29(38)32-16-5-7-24-25(40-18)8-6-15-31-24/h6,8,11-15,18-20,22,26-27,33,36H,5,7,9-10,16-17H2,1-4H3,(H,32,38)(H,34,37)/t18-,19?,20-,26-,27+/m1/s1. The minimum atomic E-state index is -0.881. The van der Waals surface area contributed by atoms with Gasteiger partial charge in [0.25, 0.3) is 0 Å². The zero-order chi connectivity index (χ0) is 28.8. The summed E-state index contributed by atoms with van der Waals surface area (Å²) in [6.07, 6.45) is 4.66. The van der Waals surface area contributed by atoms with Crippen molar-refractivity contribution in [2.75, 3.05) is 20.1 Å². The van der Waals surface area contributed by atoms with Crippen LogP contribution >= 0.6 is 0 Å². The number of phenolic OH excluding ortho intramolecular Hbond substituents is 1. The van der Waals surface area contributed by atoms with Gasteiger partial charge in [-0.1, -0.05) is 19.1 Å². The summed E-state index contributed by atoms with van der Waals surface area (Å²) in [7, 11) is 1.63. The molecule has 10 nitrogen and oxygen atoms in total. The van der Waals surface area contributed by atoms with Crippen molar-refractivity contribution in [2.24, 2.45) is 5.92 Å². The van der Waals surface area contributed by atoms with E-state index in [-0.39, 0.29) is 35.5 Å². The number of hydrogen-bond donors (Lipinski definition) is 4. The number of phenols is 1. The van der Waals surface area contributed by atoms with Crippen LogP contribution in [0.1, 0.15) is 57.2 Å². The van der Waals surface area contributed by atoms with E-state index < -0.39 is 24.0 Å². The van der Waals surface area contributed by atoms with Crippen molar-refractivity contribution in [3.63, 3.8) is 0 Å². The molecular formula is C30H41N5O5. The largest absolute Gasteiger partial charge is 0.508 e. The number of carbonyl (C=O) groups is 3. The molecule has 4 rings (SSSR count). The van der Waals surface area contributed by atoms with Crippen molar-refractivity contribution < 1.29 is 24.2 Å². The first-order chi connectivity index (χ1) is 19.2. The molecule has 4 N–H and O–H groups in total. The first kappa shape index (κ1) is 29.3. The third-order valence-electron chi connectivity index (χ3n) is 7.86. The van der Waals surface area contributed by atoms with Gasteiger partial charge in [-0.2, -0.15) is 0 Å². The Morgan fingerprint density at radius 1 is 1.07 bits per heavy atom. The number of benzene rings is 1. The highest BCUT2D eigenvalue weighted by atomic mass is 16.5. The summed E-state index contributed by atoms with van der Waals surface area (Å²) in [5.41, 5.74) is 1.59. The maximum absolute atomic E-state index is 13.5. The third kappa shape index (κ3) is 7.29. The molecule has 3 amide bonds. The normalized spacial score (nSPS) is 26.4. The van der Waals surface area contributed by atoms with E-state index in [0.717, 1.165) is 24.1 Å². The maximum atomic E-state index is 13.5. The minimum absolute atomic E-state index is 0.119. The van der Waals surface area contributed by atoms with E-state index in [1.807, 2.05) is 26.0 Å². The van der Waals surface area contributed by atoms with Crippen LogP contribution in [0.25, 0.3) is 0 Å². The molecule has 0 radical (unpaired) electrons. The fourth-order valence-electron chi connectivity index (χ4n) is 4.98.